The van der Waals surface area contributed by atoms with E-state index in [1.54, 1.807) is 12.0 Å². The van der Waals surface area contributed by atoms with E-state index in [9.17, 15) is 9.59 Å². The van der Waals surface area contributed by atoms with Crippen LogP contribution in [0.3, 0.4) is 0 Å². The minimum Gasteiger partial charge on any atom is -0.383 e. The largest absolute Gasteiger partial charge is 0.383 e. The van der Waals surface area contributed by atoms with Gasteiger partial charge in [-0.1, -0.05) is 18.2 Å². The van der Waals surface area contributed by atoms with Crippen LogP contribution in [0.5, 0.6) is 0 Å². The number of hydrogen-bond acceptors (Lipinski definition) is 4. The third kappa shape index (κ3) is 4.18. The molecule has 1 aromatic carbocycles. The second kappa shape index (κ2) is 8.54. The van der Waals surface area contributed by atoms with E-state index in [2.05, 4.69) is 36.1 Å². The third-order valence-corrected chi connectivity index (χ3v) is 5.39. The molecule has 2 aliphatic rings. The summed E-state index contributed by atoms with van der Waals surface area (Å²) in [6.07, 6.45) is 1.29. The number of hydrogen-bond donors (Lipinski definition) is 0. The zero-order chi connectivity index (χ0) is 18.5. The van der Waals surface area contributed by atoms with Crippen molar-refractivity contribution in [3.8, 4) is 0 Å². The molecule has 0 unspecified atom stereocenters. The van der Waals surface area contributed by atoms with E-state index in [1.807, 2.05) is 4.90 Å². The molecule has 0 spiro atoms. The van der Waals surface area contributed by atoms with Crippen LogP contribution in [0.25, 0.3) is 0 Å². The smallest absolute Gasteiger partial charge is 0.228 e. The van der Waals surface area contributed by atoms with Gasteiger partial charge in [-0.2, -0.15) is 0 Å². The Bertz CT molecular complexity index is 649. The summed E-state index contributed by atoms with van der Waals surface area (Å²) < 4.78 is 5.05. The van der Waals surface area contributed by atoms with Gasteiger partial charge in [-0.15, -0.1) is 0 Å². The Hall–Kier alpha value is -2.08. The van der Waals surface area contributed by atoms with Crippen molar-refractivity contribution in [3.63, 3.8) is 0 Å². The average Bonchev–Trinajstić information content (AvgIpc) is 2.85. The van der Waals surface area contributed by atoms with Crippen molar-refractivity contribution in [3.05, 3.63) is 29.8 Å². The van der Waals surface area contributed by atoms with Crippen LogP contribution in [-0.2, 0) is 14.3 Å². The summed E-state index contributed by atoms with van der Waals surface area (Å²) in [5, 5.41) is 0. The number of rotatable bonds is 5. The molecule has 0 bridgehead atoms. The molecule has 2 aliphatic heterocycles. The van der Waals surface area contributed by atoms with Gasteiger partial charge < -0.3 is 19.4 Å². The summed E-state index contributed by atoms with van der Waals surface area (Å²) in [6, 6.07) is 8.39. The minimum absolute atomic E-state index is 0.0664. The minimum atomic E-state index is -0.204. The van der Waals surface area contributed by atoms with Gasteiger partial charge in [0.05, 0.1) is 12.5 Å². The molecule has 2 heterocycles. The molecule has 0 radical (unpaired) electrons. The summed E-state index contributed by atoms with van der Waals surface area (Å²) >= 11 is 0. The van der Waals surface area contributed by atoms with Crippen LogP contribution in [0.4, 0.5) is 5.69 Å². The first-order chi connectivity index (χ1) is 12.6. The molecule has 6 heteroatoms. The van der Waals surface area contributed by atoms with E-state index in [0.29, 0.717) is 26.1 Å². The SMILES string of the molecule is COCCN1C[C@H](C(=O)N2CCCN(c3ccccc3C)CC2)CC1=O. The second-order valence-corrected chi connectivity index (χ2v) is 7.19. The van der Waals surface area contributed by atoms with Crippen LogP contribution >= 0.6 is 0 Å². The Morgan fingerprint density at radius 2 is 2.00 bits per heavy atom. The van der Waals surface area contributed by atoms with E-state index in [4.69, 9.17) is 4.74 Å². The predicted octanol–water partition coefficient (Wildman–Crippen LogP) is 1.53. The molecule has 2 amide bonds. The Labute approximate surface area is 155 Å². The van der Waals surface area contributed by atoms with Crippen molar-refractivity contribution in [2.45, 2.75) is 19.8 Å². The van der Waals surface area contributed by atoms with Crippen LogP contribution in [0.2, 0.25) is 0 Å². The van der Waals surface area contributed by atoms with E-state index in [-0.39, 0.29) is 17.7 Å². The normalized spacial score (nSPS) is 21.2. The molecule has 3 rings (SSSR count). The van der Waals surface area contributed by atoms with Gasteiger partial charge in [0.2, 0.25) is 11.8 Å². The van der Waals surface area contributed by atoms with Crippen LogP contribution in [0.15, 0.2) is 24.3 Å². The Morgan fingerprint density at radius 3 is 2.77 bits per heavy atom. The molecular formula is C20H29N3O3. The Morgan fingerprint density at radius 1 is 1.19 bits per heavy atom. The lowest BCUT2D eigenvalue weighted by molar-refractivity contribution is -0.135. The lowest BCUT2D eigenvalue weighted by Gasteiger charge is -2.26. The van der Waals surface area contributed by atoms with Gasteiger partial charge in [0.15, 0.2) is 0 Å². The predicted molar refractivity (Wildman–Crippen MR) is 101 cm³/mol. The summed E-state index contributed by atoms with van der Waals surface area (Å²) in [5.41, 5.74) is 2.52. The van der Waals surface area contributed by atoms with Crippen molar-refractivity contribution >= 4 is 17.5 Å². The van der Waals surface area contributed by atoms with Gasteiger partial charge in [-0.3, -0.25) is 9.59 Å². The van der Waals surface area contributed by atoms with Crippen molar-refractivity contribution in [2.24, 2.45) is 5.92 Å². The molecule has 0 aromatic heterocycles. The standard InChI is InChI=1S/C20H29N3O3/c1-16-6-3-4-7-18(16)21-8-5-9-22(11-10-21)20(25)17-14-19(24)23(15-17)12-13-26-2/h3-4,6-7,17H,5,8-15H2,1-2H3/t17-/m1/s1. The average molecular weight is 359 g/mol. The monoisotopic (exact) mass is 359 g/mol. The summed E-state index contributed by atoms with van der Waals surface area (Å²) in [7, 11) is 1.63. The molecule has 142 valence electrons. The zero-order valence-corrected chi connectivity index (χ0v) is 15.8. The number of ether oxygens (including phenoxy) is 1. The fourth-order valence-corrected chi connectivity index (χ4v) is 3.91. The van der Waals surface area contributed by atoms with Gasteiger partial charge in [-0.05, 0) is 25.0 Å². The fraction of sp³-hybridized carbons (Fsp3) is 0.600. The molecule has 0 N–H and O–H groups in total. The fourth-order valence-electron chi connectivity index (χ4n) is 3.91. The molecule has 0 saturated carbocycles. The zero-order valence-electron chi connectivity index (χ0n) is 15.8. The highest BCUT2D eigenvalue weighted by atomic mass is 16.5. The number of benzene rings is 1. The number of methoxy groups -OCH3 is 1. The molecular weight excluding hydrogens is 330 g/mol. The van der Waals surface area contributed by atoms with Crippen molar-refractivity contribution in [1.82, 2.24) is 9.80 Å². The van der Waals surface area contributed by atoms with E-state index >= 15 is 0 Å². The van der Waals surface area contributed by atoms with Gasteiger partial charge in [-0.25, -0.2) is 0 Å². The van der Waals surface area contributed by atoms with Crippen LogP contribution in [0.1, 0.15) is 18.4 Å². The van der Waals surface area contributed by atoms with Crippen molar-refractivity contribution in [1.29, 1.82) is 0 Å². The highest BCUT2D eigenvalue weighted by Crippen LogP contribution is 2.23. The molecule has 26 heavy (non-hydrogen) atoms. The summed E-state index contributed by atoms with van der Waals surface area (Å²) in [4.78, 5) is 31.1. The molecule has 1 aromatic rings. The number of nitrogens with zero attached hydrogens (tertiary/aromatic N) is 3. The Kier molecular flexibility index (Phi) is 6.14. The van der Waals surface area contributed by atoms with E-state index in [1.165, 1.54) is 11.3 Å². The third-order valence-electron chi connectivity index (χ3n) is 5.39. The topological polar surface area (TPSA) is 53.1 Å². The second-order valence-electron chi connectivity index (χ2n) is 7.19. The molecule has 0 aliphatic carbocycles. The van der Waals surface area contributed by atoms with Crippen LogP contribution in [0, 0.1) is 12.8 Å². The van der Waals surface area contributed by atoms with Crippen LogP contribution < -0.4 is 4.90 Å². The number of carbonyl (C=O) groups is 2. The molecule has 2 fully saturated rings. The first kappa shape index (κ1) is 18.7. The molecule has 6 nitrogen and oxygen atoms in total. The lowest BCUT2D eigenvalue weighted by Crippen LogP contribution is -2.40. The highest BCUT2D eigenvalue weighted by molar-refractivity contribution is 5.89. The maximum absolute atomic E-state index is 12.9. The first-order valence-electron chi connectivity index (χ1n) is 9.46. The lowest BCUT2D eigenvalue weighted by atomic mass is 10.1. The number of aryl methyl sites for hydroxylation is 1. The first-order valence-corrected chi connectivity index (χ1v) is 9.46. The summed E-state index contributed by atoms with van der Waals surface area (Å²) in [5.74, 6) is -0.00831. The van der Waals surface area contributed by atoms with E-state index in [0.717, 1.165) is 32.6 Å². The Balaban J connectivity index is 1.58. The number of amides is 2. The van der Waals surface area contributed by atoms with Gasteiger partial charge >= 0.3 is 0 Å². The molecule has 2 saturated heterocycles. The van der Waals surface area contributed by atoms with Gasteiger partial charge in [0.1, 0.15) is 0 Å². The number of para-hydroxylation sites is 1. The highest BCUT2D eigenvalue weighted by Gasteiger charge is 2.36. The number of likely N-dealkylation sites (tertiary alicyclic amines) is 1. The maximum Gasteiger partial charge on any atom is 0.228 e. The number of anilines is 1. The van der Waals surface area contributed by atoms with Gasteiger partial charge in [0.25, 0.3) is 0 Å². The van der Waals surface area contributed by atoms with Crippen LogP contribution in [-0.4, -0.2) is 74.6 Å². The maximum atomic E-state index is 12.9. The number of carbonyl (C=O) groups excluding carboxylic acids is 2. The van der Waals surface area contributed by atoms with E-state index < -0.39 is 0 Å². The van der Waals surface area contributed by atoms with Crippen molar-refractivity contribution < 1.29 is 14.3 Å². The quantitative estimate of drug-likeness (QED) is 0.800. The molecule has 1 atom stereocenters. The van der Waals surface area contributed by atoms with Crippen molar-refractivity contribution in [2.75, 3.05) is 57.9 Å². The van der Waals surface area contributed by atoms with Gasteiger partial charge in [0, 0.05) is 58.5 Å². The summed E-state index contributed by atoms with van der Waals surface area (Å²) in [6.45, 7) is 7.02.